The van der Waals surface area contributed by atoms with Gasteiger partial charge in [-0.2, -0.15) is 0 Å². The summed E-state index contributed by atoms with van der Waals surface area (Å²) in [5.74, 6) is -1.25. The third-order valence-electron chi connectivity index (χ3n) is 5.73. The number of benzene rings is 3. The highest BCUT2D eigenvalue weighted by molar-refractivity contribution is 7.92. The van der Waals surface area contributed by atoms with Gasteiger partial charge < -0.3 is 15.5 Å². The van der Waals surface area contributed by atoms with Crippen molar-refractivity contribution < 1.29 is 22.8 Å². The van der Waals surface area contributed by atoms with Gasteiger partial charge in [-0.3, -0.25) is 19.1 Å². The highest BCUT2D eigenvalue weighted by Crippen LogP contribution is 2.27. The molecule has 4 rings (SSSR count). The van der Waals surface area contributed by atoms with Gasteiger partial charge in [0.2, 0.25) is 17.7 Å². The number of nitrogens with zero attached hydrogens (tertiary/aromatic N) is 1. The predicted molar refractivity (Wildman–Crippen MR) is 138 cm³/mol. The van der Waals surface area contributed by atoms with Crippen molar-refractivity contribution in [2.45, 2.75) is 25.2 Å². The maximum absolute atomic E-state index is 12.8. The lowest BCUT2D eigenvalue weighted by molar-refractivity contribution is -0.122. The third-order valence-corrected chi connectivity index (χ3v) is 7.13. The number of anilines is 4. The topological polar surface area (TPSA) is 125 Å². The number of rotatable bonds is 7. The van der Waals surface area contributed by atoms with E-state index in [1.54, 1.807) is 36.4 Å². The van der Waals surface area contributed by atoms with Crippen molar-refractivity contribution >= 4 is 50.5 Å². The molecule has 1 aliphatic heterocycles. The Morgan fingerprint density at radius 1 is 0.833 bits per heavy atom. The van der Waals surface area contributed by atoms with Gasteiger partial charge in [-0.1, -0.05) is 17.7 Å². The number of nitrogens with one attached hydrogen (secondary N) is 3. The summed E-state index contributed by atoms with van der Waals surface area (Å²) in [4.78, 5) is 38.1. The molecule has 1 heterocycles. The fourth-order valence-corrected chi connectivity index (χ4v) is 4.92. The van der Waals surface area contributed by atoms with Gasteiger partial charge in [0.05, 0.1) is 10.8 Å². The Morgan fingerprint density at radius 3 is 2.00 bits per heavy atom. The van der Waals surface area contributed by atoms with Crippen LogP contribution in [0.3, 0.4) is 0 Å². The Kier molecular flexibility index (Phi) is 7.07. The summed E-state index contributed by atoms with van der Waals surface area (Å²) >= 11 is 0. The zero-order chi connectivity index (χ0) is 25.9. The monoisotopic (exact) mass is 506 g/mol. The second-order valence-electron chi connectivity index (χ2n) is 8.62. The first-order valence-electron chi connectivity index (χ1n) is 11.3. The molecule has 0 radical (unpaired) electrons. The summed E-state index contributed by atoms with van der Waals surface area (Å²) in [6.45, 7) is 3.55. The molecular weight excluding hydrogens is 480 g/mol. The Balaban J connectivity index is 1.37. The van der Waals surface area contributed by atoms with Crippen LogP contribution >= 0.6 is 0 Å². The Labute approximate surface area is 209 Å². The molecule has 3 aromatic carbocycles. The van der Waals surface area contributed by atoms with Gasteiger partial charge in [0.15, 0.2) is 0 Å². The van der Waals surface area contributed by atoms with Crippen LogP contribution in [0.1, 0.15) is 18.9 Å². The first-order chi connectivity index (χ1) is 17.1. The van der Waals surface area contributed by atoms with Crippen molar-refractivity contribution in [3.63, 3.8) is 0 Å². The molecule has 1 fully saturated rings. The highest BCUT2D eigenvalue weighted by atomic mass is 32.2. The Bertz CT molecular complexity index is 1390. The second-order valence-corrected chi connectivity index (χ2v) is 10.3. The highest BCUT2D eigenvalue weighted by Gasteiger charge is 2.35. The quantitative estimate of drug-likeness (QED) is 0.450. The average molecular weight is 507 g/mol. The molecule has 3 N–H and O–H groups in total. The number of sulfonamides is 1. The number of hydrogen-bond acceptors (Lipinski definition) is 5. The fourth-order valence-electron chi connectivity index (χ4n) is 3.86. The first kappa shape index (κ1) is 24.9. The minimum Gasteiger partial charge on any atom is -0.326 e. The van der Waals surface area contributed by atoms with Gasteiger partial charge in [-0.15, -0.1) is 0 Å². The fraction of sp³-hybridized carbons (Fsp3) is 0.192. The van der Waals surface area contributed by atoms with Crippen LogP contribution in [0.5, 0.6) is 0 Å². The van der Waals surface area contributed by atoms with E-state index in [0.717, 1.165) is 5.56 Å². The van der Waals surface area contributed by atoms with Crippen LogP contribution in [0, 0.1) is 12.8 Å². The molecule has 3 aromatic rings. The van der Waals surface area contributed by atoms with Crippen LogP contribution in [-0.2, 0) is 24.4 Å². The van der Waals surface area contributed by atoms with Crippen molar-refractivity contribution in [3.05, 3.63) is 78.4 Å². The lowest BCUT2D eigenvalue weighted by atomic mass is 10.1. The number of carbonyl (C=O) groups excluding carboxylic acids is 3. The molecule has 3 amide bonds. The number of aryl methyl sites for hydroxylation is 1. The average Bonchev–Trinajstić information content (AvgIpc) is 3.23. The van der Waals surface area contributed by atoms with Crippen LogP contribution in [0.2, 0.25) is 0 Å². The molecule has 1 atom stereocenters. The Morgan fingerprint density at radius 2 is 1.39 bits per heavy atom. The summed E-state index contributed by atoms with van der Waals surface area (Å²) in [6.07, 6.45) is 0.0617. The van der Waals surface area contributed by atoms with Gasteiger partial charge in [-0.05, 0) is 67.6 Å². The molecule has 1 aliphatic rings. The van der Waals surface area contributed by atoms with E-state index in [0.29, 0.717) is 22.7 Å². The third kappa shape index (κ3) is 5.89. The smallest absolute Gasteiger partial charge is 0.261 e. The second kappa shape index (κ2) is 10.2. The first-order valence-corrected chi connectivity index (χ1v) is 12.8. The molecule has 1 unspecified atom stereocenters. The van der Waals surface area contributed by atoms with E-state index in [2.05, 4.69) is 15.4 Å². The summed E-state index contributed by atoms with van der Waals surface area (Å²) < 4.78 is 27.8. The van der Waals surface area contributed by atoms with Crippen LogP contribution in [0.4, 0.5) is 22.7 Å². The number of carbonyl (C=O) groups is 3. The SMILES string of the molecule is CC(=O)Nc1ccc(N2CC(C(=O)Nc3ccc(S(=O)(=O)Nc4ccc(C)cc4)cc3)CC2=O)cc1. The predicted octanol–water partition coefficient (Wildman–Crippen LogP) is 3.75. The summed E-state index contributed by atoms with van der Waals surface area (Å²) in [5, 5.41) is 5.43. The van der Waals surface area contributed by atoms with Crippen LogP contribution in [0.25, 0.3) is 0 Å². The van der Waals surface area contributed by atoms with Crippen molar-refractivity contribution in [2.75, 3.05) is 26.8 Å². The largest absolute Gasteiger partial charge is 0.326 e. The minimum absolute atomic E-state index is 0.0611. The Hall–Kier alpha value is -4.18. The molecular formula is C26H26N4O5S. The molecule has 0 aromatic heterocycles. The van der Waals surface area contributed by atoms with E-state index in [4.69, 9.17) is 0 Å². The molecule has 0 spiro atoms. The van der Waals surface area contributed by atoms with E-state index in [1.165, 1.54) is 36.1 Å². The van der Waals surface area contributed by atoms with Crippen molar-refractivity contribution in [3.8, 4) is 0 Å². The standard InChI is InChI=1S/C26H26N4O5S/c1-17-3-5-22(6-4-17)29-36(34,35)24-13-9-21(10-14-24)28-26(33)19-15-25(32)30(16-19)23-11-7-20(8-12-23)27-18(2)31/h3-14,19,29H,15-16H2,1-2H3,(H,27,31)(H,28,33). The molecule has 186 valence electrons. The minimum atomic E-state index is -3.78. The summed E-state index contributed by atoms with van der Waals surface area (Å²) in [6, 6.07) is 19.7. The van der Waals surface area contributed by atoms with Crippen molar-refractivity contribution in [1.82, 2.24) is 0 Å². The lowest BCUT2D eigenvalue weighted by Gasteiger charge is -2.17. The van der Waals surface area contributed by atoms with E-state index >= 15 is 0 Å². The molecule has 36 heavy (non-hydrogen) atoms. The maximum Gasteiger partial charge on any atom is 0.261 e. The van der Waals surface area contributed by atoms with Gasteiger partial charge in [0.25, 0.3) is 10.0 Å². The maximum atomic E-state index is 12.8. The molecule has 0 bridgehead atoms. The summed E-state index contributed by atoms with van der Waals surface area (Å²) in [5.41, 5.74) is 3.16. The molecule has 0 saturated carbocycles. The van der Waals surface area contributed by atoms with Crippen LogP contribution < -0.4 is 20.3 Å². The molecule has 0 aliphatic carbocycles. The van der Waals surface area contributed by atoms with Gasteiger partial charge in [0, 0.05) is 42.6 Å². The van der Waals surface area contributed by atoms with Crippen molar-refractivity contribution in [2.24, 2.45) is 5.92 Å². The normalized spacial score (nSPS) is 15.4. The molecule has 1 saturated heterocycles. The van der Waals surface area contributed by atoms with Crippen molar-refractivity contribution in [1.29, 1.82) is 0 Å². The van der Waals surface area contributed by atoms with E-state index in [9.17, 15) is 22.8 Å². The molecule has 9 nitrogen and oxygen atoms in total. The van der Waals surface area contributed by atoms with Gasteiger partial charge >= 0.3 is 0 Å². The summed E-state index contributed by atoms with van der Waals surface area (Å²) in [7, 11) is -3.78. The zero-order valence-corrected chi connectivity index (χ0v) is 20.6. The van der Waals surface area contributed by atoms with Gasteiger partial charge in [-0.25, -0.2) is 8.42 Å². The van der Waals surface area contributed by atoms with Gasteiger partial charge in [0.1, 0.15) is 0 Å². The van der Waals surface area contributed by atoms with E-state index in [1.807, 2.05) is 19.1 Å². The number of hydrogen-bond donors (Lipinski definition) is 3. The van der Waals surface area contributed by atoms with E-state index in [-0.39, 0.29) is 35.6 Å². The van der Waals surface area contributed by atoms with Crippen LogP contribution in [-0.4, -0.2) is 32.7 Å². The van der Waals surface area contributed by atoms with E-state index < -0.39 is 15.9 Å². The zero-order valence-electron chi connectivity index (χ0n) is 19.8. The lowest BCUT2D eigenvalue weighted by Crippen LogP contribution is -2.28. The number of amides is 3. The molecule has 10 heteroatoms. The van der Waals surface area contributed by atoms with Crippen LogP contribution in [0.15, 0.2) is 77.7 Å².